The van der Waals surface area contributed by atoms with E-state index in [1.807, 2.05) is 0 Å². The number of imidazole rings is 1. The number of nitrogens with zero attached hydrogens (tertiary/aromatic N) is 1. The Bertz CT molecular complexity index is 569. The molecule has 2 aromatic rings. The predicted octanol–water partition coefficient (Wildman–Crippen LogP) is 1.38. The van der Waals surface area contributed by atoms with Gasteiger partial charge in [-0.3, -0.25) is 4.79 Å². The average molecular weight is 276 g/mol. The van der Waals surface area contributed by atoms with Crippen molar-refractivity contribution in [2.24, 2.45) is 0 Å². The molecule has 0 radical (unpaired) electrons. The SMILES string of the molecule is Cc1ccc(C(=O)NCCNCc2ncc[nH]2)cc1F. The number of nitrogens with one attached hydrogen (secondary N) is 3. The second-order valence-electron chi connectivity index (χ2n) is 4.43. The molecule has 0 saturated carbocycles. The van der Waals surface area contributed by atoms with Crippen molar-refractivity contribution in [3.63, 3.8) is 0 Å². The highest BCUT2D eigenvalue weighted by atomic mass is 19.1. The van der Waals surface area contributed by atoms with Crippen LogP contribution in [-0.4, -0.2) is 29.0 Å². The van der Waals surface area contributed by atoms with E-state index >= 15 is 0 Å². The number of benzene rings is 1. The Morgan fingerprint density at radius 1 is 1.40 bits per heavy atom. The quantitative estimate of drug-likeness (QED) is 0.698. The van der Waals surface area contributed by atoms with Crippen LogP contribution in [0, 0.1) is 12.7 Å². The number of rotatable bonds is 6. The smallest absolute Gasteiger partial charge is 0.251 e. The van der Waals surface area contributed by atoms with Crippen LogP contribution >= 0.6 is 0 Å². The fourth-order valence-corrected chi connectivity index (χ4v) is 1.70. The lowest BCUT2D eigenvalue weighted by atomic mass is 10.1. The van der Waals surface area contributed by atoms with Gasteiger partial charge >= 0.3 is 0 Å². The summed E-state index contributed by atoms with van der Waals surface area (Å²) in [6, 6.07) is 4.46. The van der Waals surface area contributed by atoms with E-state index in [9.17, 15) is 9.18 Å². The van der Waals surface area contributed by atoms with E-state index in [0.29, 0.717) is 30.8 Å². The summed E-state index contributed by atoms with van der Waals surface area (Å²) >= 11 is 0. The Kier molecular flexibility index (Phi) is 4.84. The van der Waals surface area contributed by atoms with Gasteiger partial charge in [-0.1, -0.05) is 6.07 Å². The van der Waals surface area contributed by atoms with Crippen molar-refractivity contribution >= 4 is 5.91 Å². The van der Waals surface area contributed by atoms with Gasteiger partial charge in [0.25, 0.3) is 5.91 Å². The molecule has 3 N–H and O–H groups in total. The number of carbonyl (C=O) groups excluding carboxylic acids is 1. The molecule has 0 fully saturated rings. The second-order valence-corrected chi connectivity index (χ2v) is 4.43. The molecule has 0 aliphatic carbocycles. The van der Waals surface area contributed by atoms with Gasteiger partial charge in [-0.15, -0.1) is 0 Å². The molecule has 0 aliphatic rings. The summed E-state index contributed by atoms with van der Waals surface area (Å²) in [6.07, 6.45) is 3.44. The molecule has 1 amide bonds. The zero-order valence-electron chi connectivity index (χ0n) is 11.2. The molecule has 1 heterocycles. The highest BCUT2D eigenvalue weighted by Gasteiger charge is 2.07. The molecule has 1 aromatic heterocycles. The number of aromatic nitrogens is 2. The summed E-state index contributed by atoms with van der Waals surface area (Å²) in [5, 5.41) is 5.86. The van der Waals surface area contributed by atoms with E-state index in [-0.39, 0.29) is 11.7 Å². The van der Waals surface area contributed by atoms with Crippen LogP contribution in [0.2, 0.25) is 0 Å². The minimum absolute atomic E-state index is 0.274. The number of carbonyl (C=O) groups is 1. The van der Waals surface area contributed by atoms with Crippen LogP contribution in [0.25, 0.3) is 0 Å². The normalized spacial score (nSPS) is 10.5. The minimum Gasteiger partial charge on any atom is -0.351 e. The first-order chi connectivity index (χ1) is 9.66. The Morgan fingerprint density at radius 3 is 2.95 bits per heavy atom. The zero-order valence-corrected chi connectivity index (χ0v) is 11.2. The molecule has 0 bridgehead atoms. The summed E-state index contributed by atoms with van der Waals surface area (Å²) in [5.41, 5.74) is 0.862. The summed E-state index contributed by atoms with van der Waals surface area (Å²) < 4.78 is 13.3. The lowest BCUT2D eigenvalue weighted by Crippen LogP contribution is -2.31. The van der Waals surface area contributed by atoms with Crippen molar-refractivity contribution in [3.8, 4) is 0 Å². The molecule has 0 atom stereocenters. The molecule has 0 unspecified atom stereocenters. The Balaban J connectivity index is 1.70. The van der Waals surface area contributed by atoms with E-state index in [0.717, 1.165) is 5.82 Å². The van der Waals surface area contributed by atoms with Crippen molar-refractivity contribution in [1.82, 2.24) is 20.6 Å². The van der Waals surface area contributed by atoms with Gasteiger partial charge < -0.3 is 15.6 Å². The van der Waals surface area contributed by atoms with E-state index in [1.165, 1.54) is 6.07 Å². The highest BCUT2D eigenvalue weighted by Crippen LogP contribution is 2.08. The van der Waals surface area contributed by atoms with Crippen LogP contribution in [0.4, 0.5) is 4.39 Å². The van der Waals surface area contributed by atoms with Crippen LogP contribution in [0.1, 0.15) is 21.7 Å². The van der Waals surface area contributed by atoms with Gasteiger partial charge in [0.15, 0.2) is 0 Å². The number of H-pyrrole nitrogens is 1. The van der Waals surface area contributed by atoms with Crippen molar-refractivity contribution in [2.75, 3.05) is 13.1 Å². The molecule has 6 heteroatoms. The number of halogens is 1. The molecule has 2 rings (SSSR count). The molecule has 0 spiro atoms. The van der Waals surface area contributed by atoms with E-state index < -0.39 is 0 Å². The number of hydrogen-bond donors (Lipinski definition) is 3. The van der Waals surface area contributed by atoms with Gasteiger partial charge in [-0.05, 0) is 24.6 Å². The van der Waals surface area contributed by atoms with Crippen molar-refractivity contribution in [3.05, 3.63) is 53.4 Å². The largest absolute Gasteiger partial charge is 0.351 e. The van der Waals surface area contributed by atoms with Crippen LogP contribution in [-0.2, 0) is 6.54 Å². The third-order valence-corrected chi connectivity index (χ3v) is 2.87. The molecule has 20 heavy (non-hydrogen) atoms. The highest BCUT2D eigenvalue weighted by molar-refractivity contribution is 5.94. The van der Waals surface area contributed by atoms with Gasteiger partial charge in [0.2, 0.25) is 0 Å². The van der Waals surface area contributed by atoms with Crippen LogP contribution < -0.4 is 10.6 Å². The van der Waals surface area contributed by atoms with Gasteiger partial charge in [0, 0.05) is 31.0 Å². The lowest BCUT2D eigenvalue weighted by Gasteiger charge is -2.07. The van der Waals surface area contributed by atoms with Gasteiger partial charge in [0.05, 0.1) is 6.54 Å². The average Bonchev–Trinajstić information content (AvgIpc) is 2.94. The summed E-state index contributed by atoms with van der Waals surface area (Å²) in [6.45, 7) is 3.35. The molecule has 106 valence electrons. The van der Waals surface area contributed by atoms with Crippen molar-refractivity contribution in [2.45, 2.75) is 13.5 Å². The van der Waals surface area contributed by atoms with Crippen molar-refractivity contribution < 1.29 is 9.18 Å². The molecule has 0 aliphatic heterocycles. The predicted molar refractivity (Wildman–Crippen MR) is 73.8 cm³/mol. The summed E-state index contributed by atoms with van der Waals surface area (Å²) in [7, 11) is 0. The third-order valence-electron chi connectivity index (χ3n) is 2.87. The maximum atomic E-state index is 13.3. The van der Waals surface area contributed by atoms with Gasteiger partial charge in [-0.25, -0.2) is 9.37 Å². The first-order valence-corrected chi connectivity index (χ1v) is 6.40. The van der Waals surface area contributed by atoms with Crippen LogP contribution in [0.3, 0.4) is 0 Å². The topological polar surface area (TPSA) is 69.8 Å². The Hall–Kier alpha value is -2.21. The number of hydrogen-bond acceptors (Lipinski definition) is 3. The zero-order chi connectivity index (χ0) is 14.4. The monoisotopic (exact) mass is 276 g/mol. The maximum absolute atomic E-state index is 13.3. The number of aryl methyl sites for hydroxylation is 1. The van der Waals surface area contributed by atoms with Gasteiger partial charge in [-0.2, -0.15) is 0 Å². The summed E-state index contributed by atoms with van der Waals surface area (Å²) in [4.78, 5) is 18.8. The molecule has 0 saturated heterocycles. The number of amides is 1. The number of aromatic amines is 1. The van der Waals surface area contributed by atoms with E-state index in [4.69, 9.17) is 0 Å². The van der Waals surface area contributed by atoms with Crippen LogP contribution in [0.15, 0.2) is 30.6 Å². The minimum atomic E-state index is -0.367. The standard InChI is InChI=1S/C14H17FN4O/c1-10-2-3-11(8-12(10)15)14(20)19-5-4-16-9-13-17-6-7-18-13/h2-3,6-8,16H,4-5,9H2,1H3,(H,17,18)(H,19,20). The lowest BCUT2D eigenvalue weighted by molar-refractivity contribution is 0.0953. The first kappa shape index (κ1) is 14.2. The molecular weight excluding hydrogens is 259 g/mol. The van der Waals surface area contributed by atoms with Crippen molar-refractivity contribution in [1.29, 1.82) is 0 Å². The van der Waals surface area contributed by atoms with E-state index in [1.54, 1.807) is 31.5 Å². The fourth-order valence-electron chi connectivity index (χ4n) is 1.70. The van der Waals surface area contributed by atoms with Crippen LogP contribution in [0.5, 0.6) is 0 Å². The maximum Gasteiger partial charge on any atom is 0.251 e. The second kappa shape index (κ2) is 6.81. The molecule has 1 aromatic carbocycles. The Morgan fingerprint density at radius 2 is 2.25 bits per heavy atom. The fraction of sp³-hybridized carbons (Fsp3) is 0.286. The van der Waals surface area contributed by atoms with Gasteiger partial charge in [0.1, 0.15) is 11.6 Å². The third kappa shape index (κ3) is 3.89. The first-order valence-electron chi connectivity index (χ1n) is 6.40. The summed E-state index contributed by atoms with van der Waals surface area (Å²) in [5.74, 6) is 0.203. The van der Waals surface area contributed by atoms with E-state index in [2.05, 4.69) is 20.6 Å². The molecular formula is C14H17FN4O. The Labute approximate surface area is 116 Å². The molecule has 5 nitrogen and oxygen atoms in total.